The first-order chi connectivity index (χ1) is 11.6. The Morgan fingerprint density at radius 2 is 2.00 bits per heavy atom. The molecule has 5 heteroatoms. The van der Waals surface area contributed by atoms with Gasteiger partial charge in [-0.05, 0) is 43.5 Å². The Hall–Kier alpha value is -2.56. The van der Waals surface area contributed by atoms with Gasteiger partial charge in [0.2, 0.25) is 0 Å². The number of methoxy groups -OCH3 is 1. The van der Waals surface area contributed by atoms with Crippen molar-refractivity contribution in [2.24, 2.45) is 0 Å². The highest BCUT2D eigenvalue weighted by atomic mass is 16.5. The summed E-state index contributed by atoms with van der Waals surface area (Å²) in [6.45, 7) is 4.16. The molecule has 0 atom stereocenters. The Morgan fingerprint density at radius 3 is 2.67 bits per heavy atom. The lowest BCUT2D eigenvalue weighted by Gasteiger charge is -2.07. The number of benzene rings is 1. The van der Waals surface area contributed by atoms with Crippen molar-refractivity contribution in [2.75, 3.05) is 13.7 Å². The molecule has 0 spiro atoms. The van der Waals surface area contributed by atoms with Crippen LogP contribution >= 0.6 is 0 Å². The zero-order valence-electron chi connectivity index (χ0n) is 14.2. The van der Waals surface area contributed by atoms with Crippen molar-refractivity contribution in [1.29, 1.82) is 0 Å². The van der Waals surface area contributed by atoms with Gasteiger partial charge >= 0.3 is 5.97 Å². The lowest BCUT2D eigenvalue weighted by Crippen LogP contribution is -2.10. The summed E-state index contributed by atoms with van der Waals surface area (Å²) in [6.07, 6.45) is 2.56. The first-order valence-electron chi connectivity index (χ1n) is 8.27. The van der Waals surface area contributed by atoms with Gasteiger partial charge in [0, 0.05) is 11.1 Å². The van der Waals surface area contributed by atoms with Gasteiger partial charge in [0.25, 0.3) is 0 Å². The molecule has 0 amide bonds. The second kappa shape index (κ2) is 6.51. The van der Waals surface area contributed by atoms with Gasteiger partial charge in [-0.2, -0.15) is 0 Å². The third-order valence-corrected chi connectivity index (χ3v) is 4.33. The van der Waals surface area contributed by atoms with Gasteiger partial charge in [-0.25, -0.2) is 4.79 Å². The van der Waals surface area contributed by atoms with E-state index in [2.05, 4.69) is 11.9 Å². The van der Waals surface area contributed by atoms with E-state index in [-0.39, 0.29) is 5.78 Å². The van der Waals surface area contributed by atoms with Crippen molar-refractivity contribution in [3.05, 3.63) is 40.6 Å². The Bertz CT molecular complexity index is 804. The van der Waals surface area contributed by atoms with E-state index in [4.69, 9.17) is 9.47 Å². The monoisotopic (exact) mass is 327 g/mol. The average molecular weight is 327 g/mol. The van der Waals surface area contributed by atoms with Gasteiger partial charge in [0.05, 0.1) is 25.0 Å². The molecule has 126 valence electrons. The highest BCUT2D eigenvalue weighted by Gasteiger charge is 2.35. The molecule has 0 radical (unpaired) electrons. The van der Waals surface area contributed by atoms with Crippen LogP contribution in [0.3, 0.4) is 0 Å². The van der Waals surface area contributed by atoms with E-state index < -0.39 is 5.97 Å². The molecule has 1 aliphatic carbocycles. The molecule has 0 saturated heterocycles. The van der Waals surface area contributed by atoms with Crippen LogP contribution in [-0.2, 0) is 11.2 Å². The van der Waals surface area contributed by atoms with Gasteiger partial charge in [-0.15, -0.1) is 0 Å². The number of ether oxygens (including phenoxy) is 2. The van der Waals surface area contributed by atoms with E-state index in [9.17, 15) is 9.59 Å². The maximum atomic E-state index is 12.9. The summed E-state index contributed by atoms with van der Waals surface area (Å²) >= 11 is 0. The van der Waals surface area contributed by atoms with Gasteiger partial charge in [-0.1, -0.05) is 13.3 Å². The summed E-state index contributed by atoms with van der Waals surface area (Å²) in [5.74, 6) is 0.186. The molecule has 1 N–H and O–H groups in total. The highest BCUT2D eigenvalue weighted by Crippen LogP contribution is 2.41. The Kier molecular flexibility index (Phi) is 4.42. The van der Waals surface area contributed by atoms with Crippen molar-refractivity contribution >= 4 is 11.8 Å². The van der Waals surface area contributed by atoms with Gasteiger partial charge in [0.1, 0.15) is 11.4 Å². The number of nitrogens with one attached hydrogen (secondary N) is 1. The minimum atomic E-state index is -0.402. The second-order valence-corrected chi connectivity index (χ2v) is 5.79. The van der Waals surface area contributed by atoms with Crippen molar-refractivity contribution in [3.8, 4) is 17.0 Å². The van der Waals surface area contributed by atoms with Crippen LogP contribution in [0.1, 0.15) is 58.7 Å². The van der Waals surface area contributed by atoms with Crippen LogP contribution in [0, 0.1) is 0 Å². The quantitative estimate of drug-likeness (QED) is 0.700. The number of aromatic nitrogens is 1. The Balaban J connectivity index is 2.13. The lowest BCUT2D eigenvalue weighted by atomic mass is 10.0. The number of hydrogen-bond acceptors (Lipinski definition) is 4. The first kappa shape index (κ1) is 16.3. The lowest BCUT2D eigenvalue weighted by molar-refractivity contribution is 0.0519. The third kappa shape index (κ3) is 2.50. The summed E-state index contributed by atoms with van der Waals surface area (Å²) < 4.78 is 10.4. The van der Waals surface area contributed by atoms with Gasteiger partial charge < -0.3 is 14.5 Å². The summed E-state index contributed by atoms with van der Waals surface area (Å²) in [5.41, 5.74) is 3.92. The summed E-state index contributed by atoms with van der Waals surface area (Å²) in [6, 6.07) is 5.42. The Morgan fingerprint density at radius 1 is 1.21 bits per heavy atom. The molecule has 0 saturated carbocycles. The molecular weight excluding hydrogens is 306 g/mol. The molecule has 2 aromatic rings. The van der Waals surface area contributed by atoms with Gasteiger partial charge in [-0.3, -0.25) is 4.79 Å². The largest absolute Gasteiger partial charge is 0.497 e. The van der Waals surface area contributed by atoms with E-state index in [1.807, 2.05) is 12.1 Å². The summed E-state index contributed by atoms with van der Waals surface area (Å²) in [4.78, 5) is 28.3. The minimum absolute atomic E-state index is 0.0585. The molecule has 1 heterocycles. The van der Waals surface area contributed by atoms with Crippen LogP contribution in [0.15, 0.2) is 18.2 Å². The smallest absolute Gasteiger partial charge is 0.355 e. The molecule has 1 aromatic carbocycles. The van der Waals surface area contributed by atoms with Crippen LogP contribution in [-0.4, -0.2) is 30.5 Å². The van der Waals surface area contributed by atoms with E-state index in [0.29, 0.717) is 41.3 Å². The van der Waals surface area contributed by atoms with E-state index in [1.165, 1.54) is 0 Å². The van der Waals surface area contributed by atoms with Crippen molar-refractivity contribution in [1.82, 2.24) is 4.98 Å². The van der Waals surface area contributed by atoms with E-state index >= 15 is 0 Å². The molecule has 0 unspecified atom stereocenters. The van der Waals surface area contributed by atoms with E-state index in [1.54, 1.807) is 20.1 Å². The zero-order valence-corrected chi connectivity index (χ0v) is 14.2. The first-order valence-corrected chi connectivity index (χ1v) is 8.27. The standard InChI is InChI=1S/C19H21NO4/c1-4-6-7-13-15-16(20-17(13)19(22)24-5-2)12-9-8-11(23-3)10-14(12)18(15)21/h8-10,20H,4-7H2,1-3H3. The second-order valence-electron chi connectivity index (χ2n) is 5.79. The number of H-pyrrole nitrogens is 1. The molecule has 0 bridgehead atoms. The average Bonchev–Trinajstić information content (AvgIpc) is 3.09. The van der Waals surface area contributed by atoms with Crippen molar-refractivity contribution in [2.45, 2.75) is 33.1 Å². The number of carbonyl (C=O) groups excluding carboxylic acids is 2. The molecule has 1 aliphatic rings. The van der Waals surface area contributed by atoms with Crippen LogP contribution in [0.25, 0.3) is 11.3 Å². The van der Waals surface area contributed by atoms with Crippen LogP contribution in [0.4, 0.5) is 0 Å². The molecule has 5 nitrogen and oxygen atoms in total. The molecule has 24 heavy (non-hydrogen) atoms. The van der Waals surface area contributed by atoms with Crippen LogP contribution in [0.2, 0.25) is 0 Å². The molecule has 0 fully saturated rings. The molecular formula is C19H21NO4. The fraction of sp³-hybridized carbons (Fsp3) is 0.368. The van der Waals surface area contributed by atoms with Gasteiger partial charge in [0.15, 0.2) is 5.78 Å². The number of aromatic amines is 1. The zero-order chi connectivity index (χ0) is 17.3. The number of rotatable bonds is 6. The van der Waals surface area contributed by atoms with E-state index in [0.717, 1.165) is 24.0 Å². The molecule has 0 aliphatic heterocycles. The maximum absolute atomic E-state index is 12.9. The predicted molar refractivity (Wildman–Crippen MR) is 90.8 cm³/mol. The molecule has 1 aromatic heterocycles. The number of unbranched alkanes of at least 4 members (excludes halogenated alkanes) is 1. The SMILES string of the molecule is CCCCc1c(C(=O)OCC)[nH]c2c1C(=O)c1cc(OC)ccc1-2. The molecule has 3 rings (SSSR count). The number of hydrogen-bond donors (Lipinski definition) is 1. The van der Waals surface area contributed by atoms with Crippen molar-refractivity contribution in [3.63, 3.8) is 0 Å². The Labute approximate surface area is 141 Å². The highest BCUT2D eigenvalue weighted by molar-refractivity contribution is 6.23. The minimum Gasteiger partial charge on any atom is -0.497 e. The maximum Gasteiger partial charge on any atom is 0.355 e. The summed E-state index contributed by atoms with van der Waals surface area (Å²) in [7, 11) is 1.58. The third-order valence-electron chi connectivity index (χ3n) is 4.33. The fourth-order valence-electron chi connectivity index (χ4n) is 3.16. The van der Waals surface area contributed by atoms with Crippen molar-refractivity contribution < 1.29 is 19.1 Å². The number of carbonyl (C=O) groups is 2. The fourth-order valence-corrected chi connectivity index (χ4v) is 3.16. The van der Waals surface area contributed by atoms with Crippen LogP contribution < -0.4 is 4.74 Å². The number of esters is 1. The van der Waals surface area contributed by atoms with Crippen LogP contribution in [0.5, 0.6) is 5.75 Å². The topological polar surface area (TPSA) is 68.4 Å². The normalized spacial score (nSPS) is 12.0. The number of ketones is 1. The summed E-state index contributed by atoms with van der Waals surface area (Å²) in [5, 5.41) is 0. The predicted octanol–water partition coefficient (Wildman–Crippen LogP) is 3.75. The number of fused-ring (bicyclic) bond motifs is 3.